The number of carboxylic acid groups (broad SMARTS) is 1. The van der Waals surface area contributed by atoms with E-state index in [1.807, 2.05) is 6.07 Å². The molecule has 32 heavy (non-hydrogen) atoms. The van der Waals surface area contributed by atoms with E-state index in [-0.39, 0.29) is 35.9 Å². The van der Waals surface area contributed by atoms with Gasteiger partial charge in [-0.1, -0.05) is 0 Å². The van der Waals surface area contributed by atoms with E-state index >= 15 is 0 Å². The summed E-state index contributed by atoms with van der Waals surface area (Å²) in [6.45, 7) is 1.94. The van der Waals surface area contributed by atoms with Gasteiger partial charge in [0, 0.05) is 23.8 Å². The lowest BCUT2D eigenvalue weighted by Crippen LogP contribution is -2.60. The third-order valence-electron chi connectivity index (χ3n) is 7.58. The number of rotatable bonds is 7. The van der Waals surface area contributed by atoms with Crippen LogP contribution in [0.2, 0.25) is 0 Å². The molecular weight excluding hydrogens is 412 g/mol. The maximum atomic E-state index is 13.1. The molecule has 2 aromatic heterocycles. The molecule has 9 heteroatoms. The molecule has 4 fully saturated rings. The number of ether oxygens (including phenoxy) is 1. The van der Waals surface area contributed by atoms with Gasteiger partial charge in [0.25, 0.3) is 0 Å². The Morgan fingerprint density at radius 3 is 2.69 bits per heavy atom. The van der Waals surface area contributed by atoms with Crippen LogP contribution in [0.3, 0.4) is 0 Å². The van der Waals surface area contributed by atoms with E-state index in [0.29, 0.717) is 23.9 Å². The largest absolute Gasteiger partial charge is 0.478 e. The Morgan fingerprint density at radius 2 is 2.00 bits per heavy atom. The molecule has 2 aromatic rings. The number of carbonyl (C=O) groups is 3. The molecule has 170 valence electrons. The fourth-order valence-corrected chi connectivity index (χ4v) is 6.58. The second kappa shape index (κ2) is 7.79. The summed E-state index contributed by atoms with van der Waals surface area (Å²) >= 11 is 0. The molecule has 0 aromatic carbocycles. The summed E-state index contributed by atoms with van der Waals surface area (Å²) in [5.74, 6) is -0.438. The zero-order chi connectivity index (χ0) is 22.5. The number of aromatic amines is 1. The molecule has 0 saturated heterocycles. The summed E-state index contributed by atoms with van der Waals surface area (Å²) in [4.78, 5) is 44.0. The summed E-state index contributed by atoms with van der Waals surface area (Å²) in [7, 11) is 0. The minimum Gasteiger partial charge on any atom is -0.478 e. The second-order valence-corrected chi connectivity index (χ2v) is 9.50. The maximum Gasteiger partial charge on any atom is 0.339 e. The van der Waals surface area contributed by atoms with Gasteiger partial charge < -0.3 is 25.5 Å². The molecule has 9 nitrogen and oxygen atoms in total. The standard InChI is InChI=1S/C23H28N4O5/c1-2-32-17(28)11-26-22(31)23-7-12-5-13(8-23)18(14(6-12)9-23)27-19-15-3-4-24-20(15)25-10-16(19)21(29)30/h3-4,10,12-14,18H,2,5-9,11H2,1H3,(H,26,31)(H,29,30)(H2,24,25,27). The Labute approximate surface area is 185 Å². The van der Waals surface area contributed by atoms with Gasteiger partial charge in [0.1, 0.15) is 17.8 Å². The molecule has 2 atom stereocenters. The van der Waals surface area contributed by atoms with Gasteiger partial charge in [-0.05, 0) is 62.8 Å². The van der Waals surface area contributed by atoms with Crippen LogP contribution in [0, 0.1) is 23.2 Å². The molecule has 4 saturated carbocycles. The van der Waals surface area contributed by atoms with Gasteiger partial charge in [-0.3, -0.25) is 9.59 Å². The Morgan fingerprint density at radius 1 is 1.25 bits per heavy atom. The van der Waals surface area contributed by atoms with Crippen LogP contribution in [-0.4, -0.2) is 52.1 Å². The van der Waals surface area contributed by atoms with Gasteiger partial charge in [0.05, 0.1) is 17.7 Å². The van der Waals surface area contributed by atoms with Crippen molar-refractivity contribution in [3.05, 3.63) is 24.0 Å². The molecule has 4 bridgehead atoms. The lowest BCUT2D eigenvalue weighted by Gasteiger charge is -2.59. The van der Waals surface area contributed by atoms with Crippen molar-refractivity contribution in [3.8, 4) is 0 Å². The second-order valence-electron chi connectivity index (χ2n) is 9.50. The molecular formula is C23H28N4O5. The summed E-state index contributed by atoms with van der Waals surface area (Å²) in [6, 6.07) is 1.95. The van der Waals surface area contributed by atoms with Gasteiger partial charge in [-0.15, -0.1) is 0 Å². The number of esters is 1. The van der Waals surface area contributed by atoms with Crippen molar-refractivity contribution in [3.63, 3.8) is 0 Å². The first-order chi connectivity index (χ1) is 15.4. The Kier molecular flexibility index (Phi) is 5.06. The number of pyridine rings is 1. The lowest BCUT2D eigenvalue weighted by molar-refractivity contribution is -0.151. The van der Waals surface area contributed by atoms with Crippen molar-refractivity contribution in [2.75, 3.05) is 18.5 Å². The molecule has 4 aliphatic rings. The smallest absolute Gasteiger partial charge is 0.339 e. The van der Waals surface area contributed by atoms with Crippen LogP contribution in [0.25, 0.3) is 11.0 Å². The van der Waals surface area contributed by atoms with Crippen LogP contribution in [0.1, 0.15) is 49.4 Å². The first-order valence-electron chi connectivity index (χ1n) is 11.3. The van der Waals surface area contributed by atoms with Crippen molar-refractivity contribution in [2.45, 2.75) is 45.1 Å². The van der Waals surface area contributed by atoms with Crippen LogP contribution in [-0.2, 0) is 14.3 Å². The molecule has 6 rings (SSSR count). The van der Waals surface area contributed by atoms with E-state index in [0.717, 1.165) is 37.5 Å². The number of H-pyrrole nitrogens is 1. The van der Waals surface area contributed by atoms with Crippen molar-refractivity contribution in [2.24, 2.45) is 23.2 Å². The van der Waals surface area contributed by atoms with Crippen LogP contribution >= 0.6 is 0 Å². The number of nitrogens with one attached hydrogen (secondary N) is 3. The van der Waals surface area contributed by atoms with Gasteiger partial charge in [0.2, 0.25) is 5.91 Å². The fourth-order valence-electron chi connectivity index (χ4n) is 6.58. The monoisotopic (exact) mass is 440 g/mol. The van der Waals surface area contributed by atoms with Crippen LogP contribution in [0.15, 0.2) is 18.5 Å². The predicted octanol–water partition coefficient (Wildman–Crippen LogP) is 2.55. The van der Waals surface area contributed by atoms with Crippen molar-refractivity contribution < 1.29 is 24.2 Å². The molecule has 0 radical (unpaired) electrons. The van der Waals surface area contributed by atoms with E-state index in [1.54, 1.807) is 13.1 Å². The van der Waals surface area contributed by atoms with E-state index in [2.05, 4.69) is 20.6 Å². The normalized spacial score (nSPS) is 30.3. The predicted molar refractivity (Wildman–Crippen MR) is 116 cm³/mol. The van der Waals surface area contributed by atoms with E-state index in [9.17, 15) is 19.5 Å². The number of anilines is 1. The van der Waals surface area contributed by atoms with Crippen LogP contribution in [0.4, 0.5) is 5.69 Å². The van der Waals surface area contributed by atoms with E-state index in [1.165, 1.54) is 6.20 Å². The summed E-state index contributed by atoms with van der Waals surface area (Å²) in [5, 5.41) is 16.9. The fraction of sp³-hybridized carbons (Fsp3) is 0.565. The van der Waals surface area contributed by atoms with Gasteiger partial charge in [0.15, 0.2) is 0 Å². The quantitative estimate of drug-likeness (QED) is 0.486. The summed E-state index contributed by atoms with van der Waals surface area (Å²) < 4.78 is 4.93. The highest BCUT2D eigenvalue weighted by atomic mass is 16.5. The van der Waals surface area contributed by atoms with E-state index in [4.69, 9.17) is 4.74 Å². The van der Waals surface area contributed by atoms with Gasteiger partial charge in [-0.2, -0.15) is 0 Å². The minimum atomic E-state index is -1.01. The zero-order valence-corrected chi connectivity index (χ0v) is 18.0. The number of fused-ring (bicyclic) bond motifs is 1. The summed E-state index contributed by atoms with van der Waals surface area (Å²) in [5.41, 5.74) is 0.962. The Bertz CT molecular complexity index is 1060. The topological polar surface area (TPSA) is 133 Å². The van der Waals surface area contributed by atoms with Crippen molar-refractivity contribution >= 4 is 34.6 Å². The Balaban J connectivity index is 1.37. The number of hydrogen-bond donors (Lipinski definition) is 4. The van der Waals surface area contributed by atoms with Crippen molar-refractivity contribution in [1.29, 1.82) is 0 Å². The maximum absolute atomic E-state index is 13.1. The number of nitrogens with zero attached hydrogens (tertiary/aromatic N) is 1. The molecule has 2 unspecified atom stereocenters. The highest BCUT2D eigenvalue weighted by Gasteiger charge is 2.58. The number of hydrogen-bond acceptors (Lipinski definition) is 6. The SMILES string of the molecule is CCOC(=O)CNC(=O)C12CC3CC(C1)C(Nc1c(C(=O)O)cnc4[nH]ccc14)C(C3)C2. The highest BCUT2D eigenvalue weighted by molar-refractivity contribution is 6.03. The van der Waals surface area contributed by atoms with Crippen LogP contribution < -0.4 is 10.6 Å². The molecule has 2 heterocycles. The number of carboxylic acids is 1. The van der Waals surface area contributed by atoms with E-state index < -0.39 is 17.4 Å². The average molecular weight is 441 g/mol. The van der Waals surface area contributed by atoms with Gasteiger partial charge >= 0.3 is 11.9 Å². The third kappa shape index (κ3) is 3.40. The number of carbonyl (C=O) groups excluding carboxylic acids is 2. The number of amides is 1. The van der Waals surface area contributed by atoms with Crippen LogP contribution in [0.5, 0.6) is 0 Å². The summed E-state index contributed by atoms with van der Waals surface area (Å²) in [6.07, 6.45) is 7.57. The average Bonchev–Trinajstić information content (AvgIpc) is 3.23. The molecule has 0 spiro atoms. The molecule has 0 aliphatic heterocycles. The zero-order valence-electron chi connectivity index (χ0n) is 18.0. The molecule has 1 amide bonds. The van der Waals surface area contributed by atoms with Crippen molar-refractivity contribution in [1.82, 2.24) is 15.3 Å². The highest BCUT2D eigenvalue weighted by Crippen LogP contribution is 2.60. The third-order valence-corrected chi connectivity index (χ3v) is 7.58. The van der Waals surface area contributed by atoms with Gasteiger partial charge in [-0.25, -0.2) is 9.78 Å². The molecule has 4 N–H and O–H groups in total. The first-order valence-corrected chi connectivity index (χ1v) is 11.3. The number of aromatic nitrogens is 2. The number of aromatic carboxylic acids is 1. The Hall–Kier alpha value is -3.10. The first kappa shape index (κ1) is 20.8. The molecule has 4 aliphatic carbocycles. The lowest BCUT2D eigenvalue weighted by atomic mass is 9.47. The minimum absolute atomic E-state index is 0.0495.